The number of carbonyl (C=O) groups is 2. The van der Waals surface area contributed by atoms with Crippen LogP contribution in [0.3, 0.4) is 0 Å². The van der Waals surface area contributed by atoms with Gasteiger partial charge < -0.3 is 14.8 Å². The van der Waals surface area contributed by atoms with Crippen molar-refractivity contribution in [3.05, 3.63) is 69.6 Å². The predicted octanol–water partition coefficient (Wildman–Crippen LogP) is 4.23. The van der Waals surface area contributed by atoms with Gasteiger partial charge in [0.05, 0.1) is 0 Å². The van der Waals surface area contributed by atoms with Gasteiger partial charge in [0.2, 0.25) is 5.43 Å². The number of hydrogen-bond acceptors (Lipinski definition) is 4. The summed E-state index contributed by atoms with van der Waals surface area (Å²) in [6.45, 7) is 8.12. The number of nitrogens with zero attached hydrogens (tertiary/aromatic N) is 3. The molecule has 1 N–H and O–H groups in total. The Hall–Kier alpha value is -2.93. The second-order valence-electron chi connectivity index (χ2n) is 10.3. The lowest BCUT2D eigenvalue weighted by Crippen LogP contribution is -2.46. The Morgan fingerprint density at radius 3 is 2.22 bits per heavy atom. The van der Waals surface area contributed by atoms with Crippen molar-refractivity contribution in [3.8, 4) is 0 Å². The van der Waals surface area contributed by atoms with Crippen molar-refractivity contribution >= 4 is 11.8 Å². The first-order valence-electron chi connectivity index (χ1n) is 13.6. The topological polar surface area (TPSA) is 74.6 Å². The molecule has 1 aromatic heterocycles. The first kappa shape index (κ1) is 26.1. The van der Waals surface area contributed by atoms with Crippen molar-refractivity contribution in [2.24, 2.45) is 0 Å². The molecule has 2 aliphatic heterocycles. The normalized spacial score (nSPS) is 18.4. The molecule has 2 saturated heterocycles. The molecule has 0 aliphatic carbocycles. The highest BCUT2D eigenvalue weighted by atomic mass is 16.2. The quantitative estimate of drug-likeness (QED) is 0.628. The Kier molecular flexibility index (Phi) is 8.97. The van der Waals surface area contributed by atoms with E-state index in [2.05, 4.69) is 41.4 Å². The zero-order valence-corrected chi connectivity index (χ0v) is 21.7. The molecule has 2 fully saturated rings. The number of rotatable bonds is 7. The van der Waals surface area contributed by atoms with Crippen LogP contribution in [0.5, 0.6) is 0 Å². The van der Waals surface area contributed by atoms with Crippen LogP contribution in [0.4, 0.5) is 0 Å². The van der Waals surface area contributed by atoms with Crippen LogP contribution in [0.15, 0.2) is 47.5 Å². The highest BCUT2D eigenvalue weighted by Crippen LogP contribution is 2.17. The molecular formula is C29H40N4O3. The number of piperidine rings is 1. The van der Waals surface area contributed by atoms with Crippen molar-refractivity contribution < 1.29 is 9.59 Å². The van der Waals surface area contributed by atoms with Gasteiger partial charge in [-0.1, -0.05) is 50.1 Å². The number of benzene rings is 1. The molecule has 1 aromatic carbocycles. The number of pyridine rings is 1. The van der Waals surface area contributed by atoms with E-state index in [0.29, 0.717) is 13.1 Å². The molecule has 194 valence electrons. The Bertz CT molecular complexity index is 1080. The molecule has 0 radical (unpaired) electrons. The molecule has 36 heavy (non-hydrogen) atoms. The van der Waals surface area contributed by atoms with Gasteiger partial charge in [0, 0.05) is 57.2 Å². The van der Waals surface area contributed by atoms with Gasteiger partial charge >= 0.3 is 0 Å². The van der Waals surface area contributed by atoms with Gasteiger partial charge in [0.1, 0.15) is 11.1 Å². The summed E-state index contributed by atoms with van der Waals surface area (Å²) in [5, 5.41) is 3.10. The average molecular weight is 493 g/mol. The summed E-state index contributed by atoms with van der Waals surface area (Å²) in [7, 11) is 0. The van der Waals surface area contributed by atoms with Crippen molar-refractivity contribution in [2.45, 2.75) is 77.4 Å². The first-order valence-corrected chi connectivity index (χ1v) is 13.6. The molecular weight excluding hydrogens is 452 g/mol. The minimum Gasteiger partial charge on any atom is -0.350 e. The standard InChI is InChI=1S/C29H40N4O3/c1-3-22(2)33-20-25(27(34)26(21-33)29(36)32-15-9-4-5-10-16-32)28(35)30-24-13-17-31(18-14-24)19-23-11-7-6-8-12-23/h6-8,11-12,20-22,24H,3-5,9-10,13-19H2,1-2H3,(H,30,35). The molecule has 2 aliphatic rings. The molecule has 3 heterocycles. The van der Waals surface area contributed by atoms with E-state index in [1.54, 1.807) is 17.3 Å². The third-order valence-corrected chi connectivity index (χ3v) is 7.69. The fourth-order valence-corrected chi connectivity index (χ4v) is 5.16. The molecule has 2 amide bonds. The lowest BCUT2D eigenvalue weighted by molar-refractivity contribution is 0.0759. The van der Waals surface area contributed by atoms with E-state index in [1.165, 1.54) is 5.56 Å². The predicted molar refractivity (Wildman–Crippen MR) is 142 cm³/mol. The highest BCUT2D eigenvalue weighted by Gasteiger charge is 2.27. The average Bonchev–Trinajstić information content (AvgIpc) is 3.19. The van der Waals surface area contributed by atoms with Crippen LogP contribution in [0.1, 0.15) is 91.1 Å². The van der Waals surface area contributed by atoms with E-state index in [4.69, 9.17) is 0 Å². The summed E-state index contributed by atoms with van der Waals surface area (Å²) in [6.07, 6.45) is 9.91. The monoisotopic (exact) mass is 492 g/mol. The van der Waals surface area contributed by atoms with Gasteiger partial charge in [-0.3, -0.25) is 19.3 Å². The van der Waals surface area contributed by atoms with Crippen LogP contribution in [0, 0.1) is 0 Å². The maximum atomic E-state index is 13.4. The third-order valence-electron chi connectivity index (χ3n) is 7.69. The smallest absolute Gasteiger partial charge is 0.259 e. The second kappa shape index (κ2) is 12.3. The van der Waals surface area contributed by atoms with Crippen LogP contribution >= 0.6 is 0 Å². The zero-order chi connectivity index (χ0) is 25.5. The van der Waals surface area contributed by atoms with Crippen molar-refractivity contribution in [2.75, 3.05) is 26.2 Å². The zero-order valence-electron chi connectivity index (χ0n) is 21.7. The first-order chi connectivity index (χ1) is 17.5. The van der Waals surface area contributed by atoms with Crippen molar-refractivity contribution in [3.63, 3.8) is 0 Å². The van der Waals surface area contributed by atoms with Gasteiger partial charge in [-0.2, -0.15) is 0 Å². The fourth-order valence-electron chi connectivity index (χ4n) is 5.16. The summed E-state index contributed by atoms with van der Waals surface area (Å²) in [4.78, 5) is 44.3. The number of hydrogen-bond donors (Lipinski definition) is 1. The second-order valence-corrected chi connectivity index (χ2v) is 10.3. The van der Waals surface area contributed by atoms with Gasteiger partial charge in [-0.05, 0) is 44.6 Å². The lowest BCUT2D eigenvalue weighted by atomic mass is 10.0. The maximum Gasteiger partial charge on any atom is 0.259 e. The van der Waals surface area contributed by atoms with Crippen LogP contribution in [0.25, 0.3) is 0 Å². The van der Waals surface area contributed by atoms with Crippen LogP contribution in [-0.2, 0) is 6.54 Å². The minimum absolute atomic E-state index is 0.0194. The van der Waals surface area contributed by atoms with Gasteiger partial charge in [-0.15, -0.1) is 0 Å². The SMILES string of the molecule is CCC(C)n1cc(C(=O)NC2CCN(Cc3ccccc3)CC2)c(=O)c(C(=O)N2CCCCCC2)c1. The van der Waals surface area contributed by atoms with Crippen LogP contribution in [-0.4, -0.2) is 58.4 Å². The summed E-state index contributed by atoms with van der Waals surface area (Å²) in [5.74, 6) is -0.619. The summed E-state index contributed by atoms with van der Waals surface area (Å²) in [6, 6.07) is 10.5. The molecule has 1 atom stereocenters. The van der Waals surface area contributed by atoms with Crippen molar-refractivity contribution in [1.82, 2.24) is 19.7 Å². The van der Waals surface area contributed by atoms with E-state index in [9.17, 15) is 14.4 Å². The third kappa shape index (κ3) is 6.44. The number of likely N-dealkylation sites (tertiary alicyclic amines) is 2. The van der Waals surface area contributed by atoms with Gasteiger partial charge in [0.25, 0.3) is 11.8 Å². The lowest BCUT2D eigenvalue weighted by Gasteiger charge is -2.32. The van der Waals surface area contributed by atoms with E-state index < -0.39 is 5.43 Å². The summed E-state index contributed by atoms with van der Waals surface area (Å²) in [5.41, 5.74) is 1.02. The molecule has 0 saturated carbocycles. The number of carbonyl (C=O) groups excluding carboxylic acids is 2. The van der Waals surface area contributed by atoms with Crippen LogP contribution < -0.4 is 10.7 Å². The number of nitrogens with one attached hydrogen (secondary N) is 1. The molecule has 2 aromatic rings. The molecule has 0 spiro atoms. The van der Waals surface area contributed by atoms with Gasteiger partial charge in [0.15, 0.2) is 0 Å². The molecule has 1 unspecified atom stereocenters. The Balaban J connectivity index is 1.47. The van der Waals surface area contributed by atoms with Crippen molar-refractivity contribution in [1.29, 1.82) is 0 Å². The Morgan fingerprint density at radius 1 is 0.944 bits per heavy atom. The Morgan fingerprint density at radius 2 is 1.58 bits per heavy atom. The van der Waals surface area contributed by atoms with Crippen LogP contribution in [0.2, 0.25) is 0 Å². The number of aromatic nitrogens is 1. The maximum absolute atomic E-state index is 13.4. The molecule has 4 rings (SSSR count). The molecule has 7 nitrogen and oxygen atoms in total. The molecule has 7 heteroatoms. The molecule has 0 bridgehead atoms. The number of amides is 2. The van der Waals surface area contributed by atoms with Gasteiger partial charge in [-0.25, -0.2) is 0 Å². The van der Waals surface area contributed by atoms with E-state index >= 15 is 0 Å². The largest absolute Gasteiger partial charge is 0.350 e. The fraction of sp³-hybridized carbons (Fsp3) is 0.552. The highest BCUT2D eigenvalue weighted by molar-refractivity contribution is 5.99. The van der Waals surface area contributed by atoms with E-state index in [1.807, 2.05) is 17.6 Å². The summed E-state index contributed by atoms with van der Waals surface area (Å²) < 4.78 is 1.86. The van der Waals surface area contributed by atoms with E-state index in [-0.39, 0.29) is 35.0 Å². The Labute approximate surface area is 214 Å². The van der Waals surface area contributed by atoms with E-state index in [0.717, 1.165) is 64.6 Å². The minimum atomic E-state index is -0.456. The summed E-state index contributed by atoms with van der Waals surface area (Å²) >= 11 is 0.